The van der Waals surface area contributed by atoms with Crippen LogP contribution in [0, 0.1) is 6.92 Å². The van der Waals surface area contributed by atoms with E-state index in [1.807, 2.05) is 38.1 Å². The van der Waals surface area contributed by atoms with Gasteiger partial charge in [-0.2, -0.15) is 0 Å². The summed E-state index contributed by atoms with van der Waals surface area (Å²) in [5.41, 5.74) is 7.42. The molecule has 0 aliphatic rings. The second-order valence-electron chi connectivity index (χ2n) is 3.47. The van der Waals surface area contributed by atoms with Crippen LogP contribution in [-0.2, 0) is 0 Å². The molecule has 0 fully saturated rings. The lowest BCUT2D eigenvalue weighted by Gasteiger charge is -2.04. The molecule has 0 amide bonds. The second-order valence-corrected chi connectivity index (χ2v) is 3.47. The number of nitrogens with two attached hydrogens (primary N) is 1. The Bertz CT molecular complexity index is 305. The molecule has 0 bridgehead atoms. The third-order valence-electron chi connectivity index (χ3n) is 1.85. The number of Topliss-reactive ketones (excluding diaryl/α,β-unsaturated/α-hetero) is 1. The van der Waals surface area contributed by atoms with E-state index in [4.69, 9.17) is 5.73 Å². The molecule has 0 spiro atoms. The van der Waals surface area contributed by atoms with Gasteiger partial charge in [0.2, 0.25) is 0 Å². The third-order valence-corrected chi connectivity index (χ3v) is 1.85. The summed E-state index contributed by atoms with van der Waals surface area (Å²) in [6.07, 6.45) is 0.420. The first-order valence-corrected chi connectivity index (χ1v) is 4.45. The van der Waals surface area contributed by atoms with E-state index in [0.717, 1.165) is 11.1 Å². The number of carbonyl (C=O) groups excluding carboxylic acids is 1. The van der Waals surface area contributed by atoms with Gasteiger partial charge in [0.25, 0.3) is 0 Å². The van der Waals surface area contributed by atoms with Crippen molar-refractivity contribution in [2.24, 2.45) is 5.73 Å². The first kappa shape index (κ1) is 9.93. The molecule has 0 heterocycles. The Balaban J connectivity index is 2.77. The van der Waals surface area contributed by atoms with Gasteiger partial charge in [0, 0.05) is 18.0 Å². The van der Waals surface area contributed by atoms with E-state index in [9.17, 15) is 4.79 Å². The van der Waals surface area contributed by atoms with Gasteiger partial charge in [-0.05, 0) is 19.9 Å². The molecule has 1 aromatic rings. The van der Waals surface area contributed by atoms with Crippen LogP contribution in [0.4, 0.5) is 0 Å². The fourth-order valence-corrected chi connectivity index (χ4v) is 1.23. The van der Waals surface area contributed by atoms with Crippen LogP contribution in [0.2, 0.25) is 0 Å². The van der Waals surface area contributed by atoms with Crippen LogP contribution < -0.4 is 5.73 Å². The van der Waals surface area contributed by atoms with Gasteiger partial charge in [-0.25, -0.2) is 0 Å². The van der Waals surface area contributed by atoms with Gasteiger partial charge in [-0.1, -0.05) is 23.8 Å². The zero-order valence-electron chi connectivity index (χ0n) is 8.08. The Kier molecular flexibility index (Phi) is 3.20. The Morgan fingerprint density at radius 1 is 1.54 bits per heavy atom. The molecule has 0 aromatic heterocycles. The molecule has 0 aliphatic carbocycles. The van der Waals surface area contributed by atoms with Crippen molar-refractivity contribution in [3.05, 3.63) is 35.4 Å². The minimum atomic E-state index is -0.0620. The van der Waals surface area contributed by atoms with E-state index in [-0.39, 0.29) is 11.8 Å². The van der Waals surface area contributed by atoms with Crippen molar-refractivity contribution in [1.29, 1.82) is 0 Å². The zero-order chi connectivity index (χ0) is 9.84. The van der Waals surface area contributed by atoms with E-state index in [2.05, 4.69) is 0 Å². The van der Waals surface area contributed by atoms with E-state index >= 15 is 0 Å². The van der Waals surface area contributed by atoms with Crippen molar-refractivity contribution < 1.29 is 4.79 Å². The summed E-state index contributed by atoms with van der Waals surface area (Å²) in [5.74, 6) is 0.124. The molecule has 1 aromatic carbocycles. The van der Waals surface area contributed by atoms with Crippen molar-refractivity contribution in [3.8, 4) is 0 Å². The van der Waals surface area contributed by atoms with Gasteiger partial charge < -0.3 is 5.73 Å². The van der Waals surface area contributed by atoms with Crippen molar-refractivity contribution in [1.82, 2.24) is 0 Å². The molecule has 13 heavy (non-hydrogen) atoms. The highest BCUT2D eigenvalue weighted by molar-refractivity contribution is 5.96. The first-order chi connectivity index (χ1) is 6.09. The predicted octanol–water partition coefficient (Wildman–Crippen LogP) is 1.92. The lowest BCUT2D eigenvalue weighted by molar-refractivity contribution is 0.0976. The SMILES string of the molecule is Cc1cccc(C(=O)CC(C)N)c1. The number of aryl methyl sites for hydroxylation is 1. The molecule has 0 aliphatic heterocycles. The first-order valence-electron chi connectivity index (χ1n) is 4.45. The van der Waals surface area contributed by atoms with Crippen molar-refractivity contribution in [2.75, 3.05) is 0 Å². The van der Waals surface area contributed by atoms with Crippen molar-refractivity contribution in [3.63, 3.8) is 0 Å². The van der Waals surface area contributed by atoms with E-state index in [0.29, 0.717) is 6.42 Å². The fourth-order valence-electron chi connectivity index (χ4n) is 1.23. The predicted molar refractivity (Wildman–Crippen MR) is 53.8 cm³/mol. The molecular formula is C11H15NO. The number of rotatable bonds is 3. The van der Waals surface area contributed by atoms with Crippen LogP contribution in [0.3, 0.4) is 0 Å². The van der Waals surface area contributed by atoms with Gasteiger partial charge in [0.1, 0.15) is 0 Å². The van der Waals surface area contributed by atoms with Crippen LogP contribution in [0.5, 0.6) is 0 Å². The van der Waals surface area contributed by atoms with Gasteiger partial charge in [0.15, 0.2) is 5.78 Å². The maximum absolute atomic E-state index is 11.5. The number of hydrogen-bond donors (Lipinski definition) is 1. The van der Waals surface area contributed by atoms with Crippen LogP contribution in [0.15, 0.2) is 24.3 Å². The van der Waals surface area contributed by atoms with E-state index in [1.165, 1.54) is 0 Å². The summed E-state index contributed by atoms with van der Waals surface area (Å²) < 4.78 is 0. The highest BCUT2D eigenvalue weighted by atomic mass is 16.1. The Morgan fingerprint density at radius 2 is 2.23 bits per heavy atom. The lowest BCUT2D eigenvalue weighted by Crippen LogP contribution is -2.19. The normalized spacial score (nSPS) is 12.5. The molecule has 0 radical (unpaired) electrons. The summed E-state index contributed by atoms with van der Waals surface area (Å²) in [6.45, 7) is 3.82. The van der Waals surface area contributed by atoms with Crippen LogP contribution in [0.1, 0.15) is 29.3 Å². The van der Waals surface area contributed by atoms with Crippen LogP contribution >= 0.6 is 0 Å². The minimum absolute atomic E-state index is 0.0620. The molecule has 70 valence electrons. The molecule has 2 nitrogen and oxygen atoms in total. The summed E-state index contributed by atoms with van der Waals surface area (Å²) >= 11 is 0. The smallest absolute Gasteiger partial charge is 0.164 e. The maximum Gasteiger partial charge on any atom is 0.164 e. The molecule has 1 rings (SSSR count). The minimum Gasteiger partial charge on any atom is -0.328 e. The summed E-state index contributed by atoms with van der Waals surface area (Å²) in [5, 5.41) is 0. The summed E-state index contributed by atoms with van der Waals surface area (Å²) in [4.78, 5) is 11.5. The zero-order valence-corrected chi connectivity index (χ0v) is 8.08. The molecule has 1 unspecified atom stereocenters. The van der Waals surface area contributed by atoms with Gasteiger partial charge in [0.05, 0.1) is 0 Å². The monoisotopic (exact) mass is 177 g/mol. The van der Waals surface area contributed by atoms with E-state index < -0.39 is 0 Å². The van der Waals surface area contributed by atoms with Crippen LogP contribution in [0.25, 0.3) is 0 Å². The standard InChI is InChI=1S/C11H15NO/c1-8-4-3-5-10(6-8)11(13)7-9(2)12/h3-6,9H,7,12H2,1-2H3. The Morgan fingerprint density at radius 3 is 2.77 bits per heavy atom. The third kappa shape index (κ3) is 2.99. The highest BCUT2D eigenvalue weighted by Crippen LogP contribution is 2.07. The number of benzene rings is 1. The average molecular weight is 177 g/mol. The Labute approximate surface area is 78.8 Å². The summed E-state index contributed by atoms with van der Waals surface area (Å²) in [6, 6.07) is 7.53. The Hall–Kier alpha value is -1.15. The lowest BCUT2D eigenvalue weighted by atomic mass is 10.0. The van der Waals surface area contributed by atoms with Gasteiger partial charge in [-0.15, -0.1) is 0 Å². The van der Waals surface area contributed by atoms with Crippen molar-refractivity contribution in [2.45, 2.75) is 26.3 Å². The molecule has 0 saturated heterocycles. The van der Waals surface area contributed by atoms with Crippen molar-refractivity contribution >= 4 is 5.78 Å². The quantitative estimate of drug-likeness (QED) is 0.717. The van der Waals surface area contributed by atoms with Gasteiger partial charge in [-0.3, -0.25) is 4.79 Å². The second kappa shape index (κ2) is 4.19. The molecule has 2 N–H and O–H groups in total. The molecule has 2 heteroatoms. The highest BCUT2D eigenvalue weighted by Gasteiger charge is 2.07. The van der Waals surface area contributed by atoms with Gasteiger partial charge >= 0.3 is 0 Å². The molecule has 0 saturated carbocycles. The maximum atomic E-state index is 11.5. The largest absolute Gasteiger partial charge is 0.328 e. The van der Waals surface area contributed by atoms with E-state index in [1.54, 1.807) is 0 Å². The summed E-state index contributed by atoms with van der Waals surface area (Å²) in [7, 11) is 0. The number of ketones is 1. The molecule has 1 atom stereocenters. The number of carbonyl (C=O) groups is 1. The topological polar surface area (TPSA) is 43.1 Å². The fraction of sp³-hybridized carbons (Fsp3) is 0.364. The van der Waals surface area contributed by atoms with Crippen LogP contribution in [-0.4, -0.2) is 11.8 Å². The molecular weight excluding hydrogens is 162 g/mol. The number of hydrogen-bond acceptors (Lipinski definition) is 2. The average Bonchev–Trinajstić information content (AvgIpc) is 2.03.